The number of rotatable bonds is 12. The lowest BCUT2D eigenvalue weighted by atomic mass is 9.66. The van der Waals surface area contributed by atoms with E-state index in [0.717, 1.165) is 25.1 Å². The van der Waals surface area contributed by atoms with Gasteiger partial charge in [-0.05, 0) is 25.3 Å². The maximum absolute atomic E-state index is 14.8. The highest BCUT2D eigenvalue weighted by atomic mass is 32.2. The SMILES string of the molecule is C=CCN(C)C(=O)[C@H]1[C@H]2C(=O)N([C@H](CO)c3ccccc3)C(C(=O)N(CC=C)CCN3CCOCC3)C23CC[C@]1(C)S3. The largest absolute Gasteiger partial charge is 0.394 e. The molecule has 4 aliphatic heterocycles. The first kappa shape index (κ1) is 30.8. The van der Waals surface area contributed by atoms with Crippen LogP contribution in [0.2, 0.25) is 0 Å². The number of likely N-dealkylation sites (tertiary alicyclic amines) is 1. The average Bonchev–Trinajstić information content (AvgIpc) is 3.57. The molecule has 4 fully saturated rings. The monoisotopic (exact) mass is 596 g/mol. The first-order chi connectivity index (χ1) is 20.2. The molecule has 10 heteroatoms. The number of hydrogen-bond acceptors (Lipinski definition) is 7. The van der Waals surface area contributed by atoms with Crippen molar-refractivity contribution in [3.8, 4) is 0 Å². The zero-order valence-electron chi connectivity index (χ0n) is 24.8. The minimum Gasteiger partial charge on any atom is -0.394 e. The lowest BCUT2D eigenvalue weighted by molar-refractivity contribution is -0.147. The van der Waals surface area contributed by atoms with E-state index in [4.69, 9.17) is 4.74 Å². The molecule has 2 bridgehead atoms. The third kappa shape index (κ3) is 5.20. The number of nitrogens with zero attached hydrogens (tertiary/aromatic N) is 4. The summed E-state index contributed by atoms with van der Waals surface area (Å²) < 4.78 is 4.27. The quantitative estimate of drug-likeness (QED) is 0.370. The number of aliphatic hydroxyl groups excluding tert-OH is 1. The Morgan fingerprint density at radius 1 is 1.14 bits per heavy atom. The molecule has 1 aromatic carbocycles. The summed E-state index contributed by atoms with van der Waals surface area (Å²) in [5.74, 6) is -1.67. The van der Waals surface area contributed by atoms with Gasteiger partial charge in [-0.1, -0.05) is 42.5 Å². The number of hydrogen-bond donors (Lipinski definition) is 1. The number of ether oxygens (including phenoxy) is 1. The molecule has 4 aliphatic rings. The van der Waals surface area contributed by atoms with Crippen molar-refractivity contribution in [2.45, 2.75) is 41.3 Å². The fourth-order valence-electron chi connectivity index (χ4n) is 7.61. The van der Waals surface area contributed by atoms with Crippen LogP contribution in [0.15, 0.2) is 55.6 Å². The number of carbonyl (C=O) groups excluding carboxylic acids is 3. The molecule has 2 unspecified atom stereocenters. The predicted molar refractivity (Wildman–Crippen MR) is 164 cm³/mol. The van der Waals surface area contributed by atoms with E-state index in [2.05, 4.69) is 25.0 Å². The molecular weight excluding hydrogens is 552 g/mol. The molecule has 0 aliphatic carbocycles. The fraction of sp³-hybridized carbons (Fsp3) is 0.594. The van der Waals surface area contributed by atoms with Gasteiger partial charge in [0.25, 0.3) is 0 Å². The van der Waals surface area contributed by atoms with Crippen molar-refractivity contribution in [1.82, 2.24) is 19.6 Å². The van der Waals surface area contributed by atoms with E-state index in [0.29, 0.717) is 45.8 Å². The summed E-state index contributed by atoms with van der Waals surface area (Å²) in [4.78, 5) is 50.8. The van der Waals surface area contributed by atoms with Crippen molar-refractivity contribution >= 4 is 29.5 Å². The summed E-state index contributed by atoms with van der Waals surface area (Å²) >= 11 is 1.65. The van der Waals surface area contributed by atoms with Gasteiger partial charge in [0.05, 0.1) is 42.4 Å². The van der Waals surface area contributed by atoms with Crippen molar-refractivity contribution in [3.63, 3.8) is 0 Å². The van der Waals surface area contributed by atoms with E-state index in [1.165, 1.54) is 0 Å². The smallest absolute Gasteiger partial charge is 0.247 e. The first-order valence-electron chi connectivity index (χ1n) is 15.0. The number of carbonyl (C=O) groups is 3. The number of benzene rings is 1. The van der Waals surface area contributed by atoms with Gasteiger partial charge < -0.3 is 24.5 Å². The molecule has 1 N–H and O–H groups in total. The highest BCUT2D eigenvalue weighted by molar-refractivity contribution is 8.02. The molecule has 42 heavy (non-hydrogen) atoms. The zero-order valence-corrected chi connectivity index (χ0v) is 25.6. The van der Waals surface area contributed by atoms with E-state index < -0.39 is 33.4 Å². The van der Waals surface area contributed by atoms with Crippen LogP contribution in [0.1, 0.15) is 31.4 Å². The van der Waals surface area contributed by atoms with Crippen LogP contribution in [0.5, 0.6) is 0 Å². The molecule has 0 radical (unpaired) electrons. The molecule has 1 spiro atoms. The van der Waals surface area contributed by atoms with E-state index in [1.54, 1.807) is 45.7 Å². The number of thioether (sulfide) groups is 1. The van der Waals surface area contributed by atoms with Crippen LogP contribution in [0, 0.1) is 11.8 Å². The Kier molecular flexibility index (Phi) is 9.18. The number of likely N-dealkylation sites (N-methyl/N-ethyl adjacent to an activating group) is 1. The number of morpholine rings is 1. The molecule has 5 rings (SSSR count). The second kappa shape index (κ2) is 12.5. The summed E-state index contributed by atoms with van der Waals surface area (Å²) in [6.45, 7) is 14.4. The molecular formula is C32H44N4O5S. The first-order valence-corrected chi connectivity index (χ1v) is 15.8. The van der Waals surface area contributed by atoms with Crippen LogP contribution >= 0.6 is 11.8 Å². The minimum absolute atomic E-state index is 0.0894. The van der Waals surface area contributed by atoms with Gasteiger partial charge in [0.1, 0.15) is 6.04 Å². The summed E-state index contributed by atoms with van der Waals surface area (Å²) in [6.07, 6.45) is 4.81. The molecule has 0 saturated carbocycles. The summed E-state index contributed by atoms with van der Waals surface area (Å²) in [5.41, 5.74) is 0.767. The second-order valence-corrected chi connectivity index (χ2v) is 14.0. The van der Waals surface area contributed by atoms with Crippen LogP contribution in [-0.4, -0.2) is 124 Å². The topological polar surface area (TPSA) is 93.6 Å². The lowest BCUT2D eigenvalue weighted by Crippen LogP contribution is -2.56. The minimum atomic E-state index is -0.814. The van der Waals surface area contributed by atoms with Crippen LogP contribution in [0.3, 0.4) is 0 Å². The summed E-state index contributed by atoms with van der Waals surface area (Å²) in [7, 11) is 1.74. The number of amides is 3. The molecule has 9 nitrogen and oxygen atoms in total. The summed E-state index contributed by atoms with van der Waals surface area (Å²) in [6, 6.07) is 7.89. The van der Waals surface area contributed by atoms with Crippen molar-refractivity contribution < 1.29 is 24.2 Å². The van der Waals surface area contributed by atoms with Gasteiger partial charge in [0, 0.05) is 51.1 Å². The van der Waals surface area contributed by atoms with Crippen molar-refractivity contribution in [3.05, 3.63) is 61.2 Å². The van der Waals surface area contributed by atoms with Gasteiger partial charge in [0.15, 0.2) is 0 Å². The molecule has 1 aromatic rings. The number of aliphatic hydroxyl groups is 1. The van der Waals surface area contributed by atoms with Gasteiger partial charge in [0.2, 0.25) is 17.7 Å². The Morgan fingerprint density at radius 3 is 2.48 bits per heavy atom. The molecule has 3 amide bonds. The van der Waals surface area contributed by atoms with Crippen LogP contribution in [-0.2, 0) is 19.1 Å². The zero-order chi connectivity index (χ0) is 30.1. The van der Waals surface area contributed by atoms with Crippen LogP contribution in [0.25, 0.3) is 0 Å². The molecule has 4 saturated heterocycles. The van der Waals surface area contributed by atoms with Crippen molar-refractivity contribution in [2.24, 2.45) is 11.8 Å². The van der Waals surface area contributed by atoms with Crippen LogP contribution < -0.4 is 0 Å². The van der Waals surface area contributed by atoms with E-state index >= 15 is 0 Å². The molecule has 4 heterocycles. The maximum Gasteiger partial charge on any atom is 0.247 e. The third-order valence-electron chi connectivity index (χ3n) is 9.64. The fourth-order valence-corrected chi connectivity index (χ4v) is 9.94. The van der Waals surface area contributed by atoms with Crippen molar-refractivity contribution in [2.75, 3.05) is 66.1 Å². The standard InChI is InChI=1S/C32H44N4O5S/c1-5-14-33(4)28(38)25-26-29(39)36(24(22-37)23-10-8-7-9-11-23)27(32(26)13-12-31(25,3)42-32)30(40)35(15-6-2)17-16-34-18-20-41-21-19-34/h5-11,24-27,37H,1-2,12-22H2,3-4H3/t24-,25-,26+,27?,31+,32?/m1/s1. The van der Waals surface area contributed by atoms with Crippen LogP contribution in [0.4, 0.5) is 0 Å². The normalized spacial score (nSPS) is 31.1. The van der Waals surface area contributed by atoms with E-state index in [1.807, 2.05) is 30.3 Å². The van der Waals surface area contributed by atoms with Gasteiger partial charge in [-0.3, -0.25) is 19.3 Å². The number of fused-ring (bicyclic) bond motifs is 1. The highest BCUT2D eigenvalue weighted by Gasteiger charge is 2.78. The van der Waals surface area contributed by atoms with Gasteiger partial charge >= 0.3 is 0 Å². The van der Waals surface area contributed by atoms with Gasteiger partial charge in [-0.25, -0.2) is 0 Å². The molecule has 0 aromatic heterocycles. The summed E-state index contributed by atoms with van der Waals surface area (Å²) in [5, 5.41) is 10.7. The lowest BCUT2D eigenvalue weighted by Gasteiger charge is -2.40. The van der Waals surface area contributed by atoms with Crippen molar-refractivity contribution in [1.29, 1.82) is 0 Å². The third-order valence-corrected chi connectivity index (χ3v) is 11.6. The molecule has 228 valence electrons. The average molecular weight is 597 g/mol. The van der Waals surface area contributed by atoms with Gasteiger partial charge in [-0.2, -0.15) is 0 Å². The van der Waals surface area contributed by atoms with Gasteiger partial charge in [-0.15, -0.1) is 24.9 Å². The Labute approximate surface area is 253 Å². The van der Waals surface area contributed by atoms with E-state index in [-0.39, 0.29) is 24.3 Å². The Bertz CT molecular complexity index is 1190. The predicted octanol–water partition coefficient (Wildman–Crippen LogP) is 2.19. The Hall–Kier alpha value is -2.66. The second-order valence-electron chi connectivity index (χ2n) is 12.1. The van der Waals surface area contributed by atoms with E-state index in [9.17, 15) is 19.5 Å². The maximum atomic E-state index is 14.8. The Balaban J connectivity index is 1.56. The Morgan fingerprint density at radius 2 is 1.83 bits per heavy atom. The molecule has 6 atom stereocenters. The highest BCUT2D eigenvalue weighted by Crippen LogP contribution is 2.72.